The number of halogens is 4. The molecule has 92 valence electrons. The Kier molecular flexibility index (Phi) is 6.43. The molecular weight excluding hydrogens is 322 g/mol. The lowest BCUT2D eigenvalue weighted by Crippen LogP contribution is -3.00. The van der Waals surface area contributed by atoms with Gasteiger partial charge in [0.05, 0.1) is 20.1 Å². The lowest BCUT2D eigenvalue weighted by Gasteiger charge is -2.37. The first-order valence-electron chi connectivity index (χ1n) is 4.96. The van der Waals surface area contributed by atoms with Gasteiger partial charge in [0.25, 0.3) is 0 Å². The van der Waals surface area contributed by atoms with Crippen LogP contribution in [0.1, 0.15) is 19.3 Å². The van der Waals surface area contributed by atoms with E-state index in [1.807, 2.05) is 7.05 Å². The van der Waals surface area contributed by atoms with E-state index in [1.54, 1.807) is 0 Å². The summed E-state index contributed by atoms with van der Waals surface area (Å²) in [6, 6.07) is 0. The minimum atomic E-state index is -4.48. The molecule has 15 heavy (non-hydrogen) atoms. The van der Waals surface area contributed by atoms with Gasteiger partial charge < -0.3 is 28.5 Å². The molecule has 0 spiro atoms. The lowest BCUT2D eigenvalue weighted by atomic mass is 10.1. The molecule has 1 saturated heterocycles. The quantitative estimate of drug-likeness (QED) is 0.481. The second-order valence-electron chi connectivity index (χ2n) is 4.15. The maximum atomic E-state index is 11.7. The number of ether oxygens (including phenoxy) is 1. The molecule has 0 aliphatic carbocycles. The third kappa shape index (κ3) is 6.57. The Bertz CT molecular complexity index is 181. The second-order valence-corrected chi connectivity index (χ2v) is 4.15. The third-order valence-corrected chi connectivity index (χ3v) is 2.79. The summed E-state index contributed by atoms with van der Waals surface area (Å²) < 4.78 is 39.6. The number of nitrogens with zero attached hydrogens (tertiary/aromatic N) is 1. The van der Waals surface area contributed by atoms with Gasteiger partial charge in [0, 0.05) is 0 Å². The van der Waals surface area contributed by atoms with Crippen molar-refractivity contribution in [3.63, 3.8) is 0 Å². The maximum absolute atomic E-state index is 11.7. The summed E-state index contributed by atoms with van der Waals surface area (Å²) >= 11 is 0. The molecule has 0 aromatic heterocycles. The number of likely N-dealkylation sites (tertiary alicyclic amines) is 1. The summed E-state index contributed by atoms with van der Waals surface area (Å²) in [5, 5.41) is 0. The molecule has 1 aliphatic heterocycles. The highest BCUT2D eigenvalue weighted by Crippen LogP contribution is 2.19. The first-order valence-corrected chi connectivity index (χ1v) is 4.96. The molecule has 0 bridgehead atoms. The standard InChI is InChI=1S/C9H17F3NO.HI/c1-13(5-3-2-4-6-13)7-8-14-9(10,11)12;/h2-8H2,1H3;1H/q+1;/p-1. The fraction of sp³-hybridized carbons (Fsp3) is 1.00. The molecular formula is C9H17F3INO. The molecule has 1 heterocycles. The van der Waals surface area contributed by atoms with Gasteiger partial charge in [0.1, 0.15) is 13.2 Å². The van der Waals surface area contributed by atoms with E-state index in [4.69, 9.17) is 0 Å². The third-order valence-electron chi connectivity index (χ3n) is 2.79. The lowest BCUT2D eigenvalue weighted by molar-refractivity contribution is -0.914. The Labute approximate surface area is 105 Å². The van der Waals surface area contributed by atoms with Gasteiger partial charge in [0.2, 0.25) is 0 Å². The zero-order chi connectivity index (χ0) is 10.7. The summed E-state index contributed by atoms with van der Waals surface area (Å²) in [5.74, 6) is 0. The van der Waals surface area contributed by atoms with Gasteiger partial charge in [-0.1, -0.05) is 0 Å². The van der Waals surface area contributed by atoms with E-state index in [0.29, 0.717) is 6.54 Å². The average molecular weight is 339 g/mol. The van der Waals surface area contributed by atoms with Gasteiger partial charge in [-0.05, 0) is 19.3 Å². The predicted molar refractivity (Wildman–Crippen MR) is 46.6 cm³/mol. The van der Waals surface area contributed by atoms with Crippen molar-refractivity contribution >= 4 is 0 Å². The Hall–Kier alpha value is 0.440. The largest absolute Gasteiger partial charge is 1.00 e. The number of alkyl halides is 3. The summed E-state index contributed by atoms with van der Waals surface area (Å²) in [7, 11) is 2.00. The molecule has 0 aromatic rings. The molecule has 0 aromatic carbocycles. The van der Waals surface area contributed by atoms with Crippen LogP contribution >= 0.6 is 0 Å². The molecule has 0 saturated carbocycles. The van der Waals surface area contributed by atoms with E-state index in [9.17, 15) is 13.2 Å². The highest BCUT2D eigenvalue weighted by atomic mass is 127. The summed E-state index contributed by atoms with van der Waals surface area (Å²) in [6.07, 6.45) is -1.05. The van der Waals surface area contributed by atoms with Crippen LogP contribution in [-0.4, -0.2) is 44.1 Å². The van der Waals surface area contributed by atoms with Crippen molar-refractivity contribution in [3.05, 3.63) is 0 Å². The SMILES string of the molecule is C[N+]1(CCOC(F)(F)F)CCCCC1.[I-]. The Morgan fingerprint density at radius 1 is 1.13 bits per heavy atom. The minimum absolute atomic E-state index is 0. The highest BCUT2D eigenvalue weighted by Gasteiger charge is 2.31. The van der Waals surface area contributed by atoms with Crippen molar-refractivity contribution in [1.29, 1.82) is 0 Å². The average Bonchev–Trinajstić information content (AvgIpc) is 2.02. The first kappa shape index (κ1) is 15.4. The van der Waals surface area contributed by atoms with Crippen LogP contribution < -0.4 is 24.0 Å². The monoisotopic (exact) mass is 339 g/mol. The second kappa shape index (κ2) is 6.24. The van der Waals surface area contributed by atoms with Gasteiger partial charge in [-0.3, -0.25) is 4.74 Å². The van der Waals surface area contributed by atoms with Gasteiger partial charge in [-0.25, -0.2) is 0 Å². The van der Waals surface area contributed by atoms with Gasteiger partial charge in [0.15, 0.2) is 0 Å². The van der Waals surface area contributed by atoms with E-state index in [1.165, 1.54) is 6.42 Å². The fourth-order valence-electron chi connectivity index (χ4n) is 1.88. The van der Waals surface area contributed by atoms with Crippen LogP contribution in [0.3, 0.4) is 0 Å². The number of piperidine rings is 1. The van der Waals surface area contributed by atoms with E-state index >= 15 is 0 Å². The number of rotatable bonds is 3. The van der Waals surface area contributed by atoms with Crippen molar-refractivity contribution in [1.82, 2.24) is 0 Å². The van der Waals surface area contributed by atoms with E-state index in [0.717, 1.165) is 30.4 Å². The van der Waals surface area contributed by atoms with E-state index in [2.05, 4.69) is 4.74 Å². The smallest absolute Gasteiger partial charge is 0.522 e. The van der Waals surface area contributed by atoms with Crippen LogP contribution in [0.5, 0.6) is 0 Å². The zero-order valence-electron chi connectivity index (χ0n) is 8.82. The predicted octanol–water partition coefficient (Wildman–Crippen LogP) is -0.843. The molecule has 1 rings (SSSR count). The molecule has 1 aliphatic rings. The summed E-state index contributed by atoms with van der Waals surface area (Å²) in [4.78, 5) is 0. The summed E-state index contributed by atoms with van der Waals surface area (Å²) in [6.45, 7) is 2.18. The zero-order valence-corrected chi connectivity index (χ0v) is 11.0. The molecule has 0 atom stereocenters. The Morgan fingerprint density at radius 3 is 2.13 bits per heavy atom. The van der Waals surface area contributed by atoms with Crippen molar-refractivity contribution < 1.29 is 46.4 Å². The van der Waals surface area contributed by atoms with Crippen LogP contribution in [-0.2, 0) is 4.74 Å². The normalized spacial score (nSPS) is 20.8. The van der Waals surface area contributed by atoms with Crippen molar-refractivity contribution in [3.8, 4) is 0 Å². The highest BCUT2D eigenvalue weighted by molar-refractivity contribution is 4.51. The Balaban J connectivity index is 0.00000196. The number of likely N-dealkylation sites (N-methyl/N-ethyl adjacent to an activating group) is 1. The maximum Gasteiger partial charge on any atom is 0.522 e. The number of hydrogen-bond acceptors (Lipinski definition) is 1. The molecule has 0 radical (unpaired) electrons. The molecule has 6 heteroatoms. The van der Waals surface area contributed by atoms with Crippen molar-refractivity contribution in [2.45, 2.75) is 25.6 Å². The van der Waals surface area contributed by atoms with Gasteiger partial charge in [-0.15, -0.1) is 13.2 Å². The van der Waals surface area contributed by atoms with E-state index < -0.39 is 6.36 Å². The number of hydrogen-bond donors (Lipinski definition) is 0. The summed E-state index contributed by atoms with van der Waals surface area (Å²) in [5.41, 5.74) is 0. The van der Waals surface area contributed by atoms with Crippen LogP contribution in [0.25, 0.3) is 0 Å². The molecule has 1 fully saturated rings. The van der Waals surface area contributed by atoms with Gasteiger partial charge in [-0.2, -0.15) is 0 Å². The van der Waals surface area contributed by atoms with E-state index in [-0.39, 0.29) is 30.6 Å². The van der Waals surface area contributed by atoms with Crippen LogP contribution in [0.15, 0.2) is 0 Å². The van der Waals surface area contributed by atoms with Crippen LogP contribution in [0.2, 0.25) is 0 Å². The molecule has 0 unspecified atom stereocenters. The fourth-order valence-corrected chi connectivity index (χ4v) is 1.88. The van der Waals surface area contributed by atoms with Crippen LogP contribution in [0.4, 0.5) is 13.2 Å². The first-order chi connectivity index (χ1) is 6.41. The molecule has 0 amide bonds. The van der Waals surface area contributed by atoms with Gasteiger partial charge >= 0.3 is 6.36 Å². The molecule has 0 N–H and O–H groups in total. The Morgan fingerprint density at radius 2 is 1.67 bits per heavy atom. The van der Waals surface area contributed by atoms with Crippen molar-refractivity contribution in [2.75, 3.05) is 33.3 Å². The van der Waals surface area contributed by atoms with Crippen molar-refractivity contribution in [2.24, 2.45) is 0 Å². The minimum Gasteiger partial charge on any atom is -1.00 e. The molecule has 2 nitrogen and oxygen atoms in total. The number of quaternary nitrogens is 1. The topological polar surface area (TPSA) is 9.23 Å². The van der Waals surface area contributed by atoms with Crippen LogP contribution in [0, 0.1) is 0 Å².